The molecule has 100 valence electrons. The van der Waals surface area contributed by atoms with Gasteiger partial charge in [0, 0.05) is 17.1 Å². The van der Waals surface area contributed by atoms with Gasteiger partial charge in [-0.05, 0) is 18.2 Å². The van der Waals surface area contributed by atoms with Gasteiger partial charge < -0.3 is 5.73 Å². The highest BCUT2D eigenvalue weighted by atomic mass is 35.5. The first-order chi connectivity index (χ1) is 8.90. The first-order valence-corrected chi connectivity index (χ1v) is 8.07. The Morgan fingerprint density at radius 2 is 2.21 bits per heavy atom. The lowest BCUT2D eigenvalue weighted by molar-refractivity contribution is 0.601. The van der Waals surface area contributed by atoms with E-state index in [4.69, 9.17) is 29.6 Å². The molecule has 0 amide bonds. The molecule has 2 rings (SSSR count). The number of rotatable bonds is 4. The summed E-state index contributed by atoms with van der Waals surface area (Å²) >= 11 is 11.9. The number of halogens is 1. The first-order valence-electron chi connectivity index (χ1n) is 4.92. The fraction of sp³-hybridized carbons (Fsp3) is 0. The zero-order chi connectivity index (χ0) is 14.0. The maximum absolute atomic E-state index is 12.1. The van der Waals surface area contributed by atoms with Crippen LogP contribution in [-0.2, 0) is 10.0 Å². The monoisotopic (exact) mass is 333 g/mol. The third kappa shape index (κ3) is 3.21. The van der Waals surface area contributed by atoms with Gasteiger partial charge in [-0.1, -0.05) is 23.8 Å². The summed E-state index contributed by atoms with van der Waals surface area (Å²) in [4.78, 5) is 3.98. The predicted octanol–water partition coefficient (Wildman–Crippen LogP) is 2.23. The largest absolute Gasteiger partial charge is 0.389 e. The van der Waals surface area contributed by atoms with Gasteiger partial charge >= 0.3 is 0 Å². The summed E-state index contributed by atoms with van der Waals surface area (Å²) < 4.78 is 26.5. The van der Waals surface area contributed by atoms with Crippen molar-refractivity contribution in [3.8, 4) is 0 Å². The van der Waals surface area contributed by atoms with E-state index in [0.29, 0.717) is 5.56 Å². The Bertz CT molecular complexity index is 714. The lowest BCUT2D eigenvalue weighted by Crippen LogP contribution is -2.14. The van der Waals surface area contributed by atoms with Gasteiger partial charge in [0.1, 0.15) is 4.99 Å². The standard InChI is InChI=1S/C10H8ClN3O2S3/c11-8-5-6(1-2-7(8)9(12)17)19(15,16)14-10-13-3-4-18-10/h1-5H,(H2,12,17)(H,13,14). The number of benzene rings is 1. The summed E-state index contributed by atoms with van der Waals surface area (Å²) in [6.07, 6.45) is 1.51. The quantitative estimate of drug-likeness (QED) is 0.838. The normalized spacial score (nSPS) is 11.2. The average Bonchev–Trinajstić information content (AvgIpc) is 2.80. The molecular formula is C10H8ClN3O2S3. The second kappa shape index (κ2) is 5.41. The van der Waals surface area contributed by atoms with E-state index in [9.17, 15) is 8.42 Å². The number of nitrogens with two attached hydrogens (primary N) is 1. The number of nitrogens with one attached hydrogen (secondary N) is 1. The molecule has 1 aromatic heterocycles. The van der Waals surface area contributed by atoms with Crippen molar-refractivity contribution in [3.63, 3.8) is 0 Å². The van der Waals surface area contributed by atoms with Gasteiger partial charge in [0.15, 0.2) is 5.13 Å². The first kappa shape index (κ1) is 14.2. The number of aromatic nitrogens is 1. The van der Waals surface area contributed by atoms with Crippen molar-refractivity contribution in [1.82, 2.24) is 4.98 Å². The molecule has 5 nitrogen and oxygen atoms in total. The molecule has 0 spiro atoms. The van der Waals surface area contributed by atoms with Crippen molar-refractivity contribution >= 4 is 55.3 Å². The Morgan fingerprint density at radius 3 is 2.74 bits per heavy atom. The molecule has 2 aromatic rings. The van der Waals surface area contributed by atoms with Crippen molar-refractivity contribution in [1.29, 1.82) is 0 Å². The Labute approximate surface area is 124 Å². The number of anilines is 1. The van der Waals surface area contributed by atoms with Crippen LogP contribution in [0.15, 0.2) is 34.7 Å². The fourth-order valence-electron chi connectivity index (χ4n) is 1.31. The van der Waals surface area contributed by atoms with E-state index < -0.39 is 10.0 Å². The number of nitrogens with zero attached hydrogens (tertiary/aromatic N) is 1. The van der Waals surface area contributed by atoms with Crippen molar-refractivity contribution in [2.75, 3.05) is 4.72 Å². The summed E-state index contributed by atoms with van der Waals surface area (Å²) in [5.41, 5.74) is 5.89. The minimum absolute atomic E-state index is 0.0210. The van der Waals surface area contributed by atoms with Crippen molar-refractivity contribution in [2.45, 2.75) is 4.90 Å². The van der Waals surface area contributed by atoms with Crippen LogP contribution >= 0.6 is 35.2 Å². The van der Waals surface area contributed by atoms with Crippen molar-refractivity contribution in [3.05, 3.63) is 40.4 Å². The van der Waals surface area contributed by atoms with E-state index in [-0.39, 0.29) is 20.0 Å². The highest BCUT2D eigenvalue weighted by Crippen LogP contribution is 2.23. The molecule has 1 heterocycles. The Balaban J connectivity index is 2.36. The van der Waals surface area contributed by atoms with Gasteiger partial charge in [-0.15, -0.1) is 11.3 Å². The molecule has 1 aromatic carbocycles. The van der Waals surface area contributed by atoms with Crippen LogP contribution in [-0.4, -0.2) is 18.4 Å². The Hall–Kier alpha value is -1.22. The molecule has 0 aliphatic rings. The minimum atomic E-state index is -3.72. The van der Waals surface area contributed by atoms with Crippen LogP contribution in [0.3, 0.4) is 0 Å². The molecule has 9 heteroatoms. The van der Waals surface area contributed by atoms with E-state index in [2.05, 4.69) is 9.71 Å². The zero-order valence-electron chi connectivity index (χ0n) is 9.33. The Kier molecular flexibility index (Phi) is 4.04. The zero-order valence-corrected chi connectivity index (χ0v) is 12.5. The van der Waals surface area contributed by atoms with Gasteiger partial charge in [0.2, 0.25) is 0 Å². The molecule has 0 aliphatic heterocycles. The molecule has 0 radical (unpaired) electrons. The highest BCUT2D eigenvalue weighted by Gasteiger charge is 2.17. The van der Waals surface area contributed by atoms with E-state index in [1.807, 2.05) is 0 Å². The second-order valence-electron chi connectivity index (χ2n) is 3.45. The van der Waals surface area contributed by atoms with Crippen LogP contribution in [0, 0.1) is 0 Å². The van der Waals surface area contributed by atoms with Crippen LogP contribution in [0.25, 0.3) is 0 Å². The molecule has 3 N–H and O–H groups in total. The van der Waals surface area contributed by atoms with Gasteiger partial charge in [-0.25, -0.2) is 13.4 Å². The molecule has 0 unspecified atom stereocenters. The van der Waals surface area contributed by atoms with Crippen LogP contribution < -0.4 is 10.5 Å². The number of thiazole rings is 1. The smallest absolute Gasteiger partial charge is 0.263 e. The van der Waals surface area contributed by atoms with Crippen LogP contribution in [0.5, 0.6) is 0 Å². The SMILES string of the molecule is NC(=S)c1ccc(S(=O)(=O)Nc2nccs2)cc1Cl. The molecule has 0 aliphatic carbocycles. The van der Waals surface area contributed by atoms with E-state index in [1.54, 1.807) is 5.38 Å². The van der Waals surface area contributed by atoms with E-state index in [0.717, 1.165) is 0 Å². The number of sulfonamides is 1. The lowest BCUT2D eigenvalue weighted by atomic mass is 10.2. The van der Waals surface area contributed by atoms with Crippen LogP contribution in [0.4, 0.5) is 5.13 Å². The average molecular weight is 334 g/mol. The van der Waals surface area contributed by atoms with Gasteiger partial charge in [0.25, 0.3) is 10.0 Å². The van der Waals surface area contributed by atoms with Crippen molar-refractivity contribution < 1.29 is 8.42 Å². The molecule has 0 saturated carbocycles. The maximum Gasteiger partial charge on any atom is 0.263 e. The van der Waals surface area contributed by atoms with E-state index >= 15 is 0 Å². The maximum atomic E-state index is 12.1. The van der Waals surface area contributed by atoms with Crippen LogP contribution in [0.2, 0.25) is 5.02 Å². The predicted molar refractivity (Wildman–Crippen MR) is 80.3 cm³/mol. The third-order valence-corrected chi connectivity index (χ3v) is 4.86. The summed E-state index contributed by atoms with van der Waals surface area (Å²) in [6.45, 7) is 0. The molecule has 0 saturated heterocycles. The minimum Gasteiger partial charge on any atom is -0.389 e. The number of thiocarbonyl (C=S) groups is 1. The van der Waals surface area contributed by atoms with Gasteiger partial charge in [-0.3, -0.25) is 4.72 Å². The second-order valence-corrected chi connectivity index (χ2v) is 6.87. The van der Waals surface area contributed by atoms with Crippen molar-refractivity contribution in [2.24, 2.45) is 5.73 Å². The fourth-order valence-corrected chi connectivity index (χ4v) is 3.71. The summed E-state index contributed by atoms with van der Waals surface area (Å²) in [5.74, 6) is 0. The van der Waals surface area contributed by atoms with E-state index in [1.165, 1.54) is 35.7 Å². The number of hydrogen-bond acceptors (Lipinski definition) is 5. The molecule has 0 fully saturated rings. The highest BCUT2D eigenvalue weighted by molar-refractivity contribution is 7.93. The van der Waals surface area contributed by atoms with Gasteiger partial charge in [-0.2, -0.15) is 0 Å². The number of hydrogen-bond donors (Lipinski definition) is 2. The van der Waals surface area contributed by atoms with Gasteiger partial charge in [0.05, 0.1) is 9.92 Å². The summed E-state index contributed by atoms with van der Waals surface area (Å²) in [7, 11) is -3.72. The molecule has 0 bridgehead atoms. The lowest BCUT2D eigenvalue weighted by Gasteiger charge is -2.07. The Morgan fingerprint density at radius 1 is 1.47 bits per heavy atom. The molecule has 19 heavy (non-hydrogen) atoms. The topological polar surface area (TPSA) is 85.1 Å². The van der Waals surface area contributed by atoms with Crippen LogP contribution in [0.1, 0.15) is 5.56 Å². The third-order valence-electron chi connectivity index (χ3n) is 2.17. The molecule has 0 atom stereocenters. The summed E-state index contributed by atoms with van der Waals surface area (Å²) in [5, 5.41) is 2.14. The summed E-state index contributed by atoms with van der Waals surface area (Å²) in [6, 6.07) is 4.16. The molecular weight excluding hydrogens is 326 g/mol.